The molecule has 74 heavy (non-hydrogen) atoms. The molecule has 2 unspecified atom stereocenters. The standard InChI is InChI=1S/C6H20O24P8.C6H18O24P6/c7-33(8,9)23-1-2(24-34(10,11)12)4(26-36(16,17)18)6(28-38(22,29-31)30-32)5(27-37(19,20)21)3(1)25-35(13,14)15;7-31(8,9)25-1-2(26-32(10,11)12)4(28-34(16,17)18)6(30-36(22,23)24)5(29-35(19,20)21)3(1)27-33(13,14)15/h1-6H,31-32H2,(H2,7,8,9)(H2,10,11,12)(H2,13,14,15)(H2,16,17,18)(H2,19,20,21);1-6H,(H2,7,8,9)(H2,10,11,12)(H2,13,14,15)(H2,16,17,18)(H2,19,20,21)(H2,22,23,24)/t1-,2-,3+,4-,5-,6-;1-,2-,3-,4+,5-,6-/m0./s1. The van der Waals surface area contributed by atoms with E-state index in [1.807, 2.05) is 0 Å². The van der Waals surface area contributed by atoms with Crippen LogP contribution in [-0.4, -0.2) is 181 Å². The van der Waals surface area contributed by atoms with Crippen molar-refractivity contribution in [3.05, 3.63) is 0 Å². The number of phosphoric ester groups is 11. The molecule has 0 spiro atoms. The topological polar surface area (TPSA) is 779 Å². The summed E-state index contributed by atoms with van der Waals surface area (Å²) in [5.41, 5.74) is 0. The molecule has 444 valence electrons. The SMILES string of the molecule is O=P(O)(O)O[C@@H]1[C@@H](OP(=O)(O)O)[C@H](OP(=O)(O)O)[C@@H](OP(=O)(OP)OP)[C@@H](OP(=O)(O)O)[C@H]1OP(=O)(O)O.O=P(O)(O)O[C@H]1[C@H](OP(=O)(O)O)[C@@H](OP(=O)(O)O)[C@H](OP(=O)(O)O)[C@@H](OP(=O)(O)O)[C@H]1OP(=O)(O)O. The summed E-state index contributed by atoms with van der Waals surface area (Å²) in [7, 11) is -68.5. The van der Waals surface area contributed by atoms with Crippen molar-refractivity contribution in [3.63, 3.8) is 0 Å². The first kappa shape index (κ1) is 74.2. The summed E-state index contributed by atoms with van der Waals surface area (Å²) in [6, 6.07) is 0. The molecule has 0 aromatic rings. The highest BCUT2D eigenvalue weighted by Crippen LogP contribution is 2.62. The molecule has 0 aliphatic heterocycles. The first-order chi connectivity index (χ1) is 32.3. The quantitative estimate of drug-likeness (QED) is 0.0362. The molecule has 8 atom stereocenters. The molecule has 2 rings (SSSR count). The van der Waals surface area contributed by atoms with Crippen LogP contribution in [-0.2, 0) is 118 Å². The van der Waals surface area contributed by atoms with Gasteiger partial charge in [0.15, 0.2) is 0 Å². The molecule has 22 N–H and O–H groups in total. The lowest BCUT2D eigenvalue weighted by molar-refractivity contribution is -0.202. The van der Waals surface area contributed by atoms with Gasteiger partial charge in [-0.15, -0.1) is 0 Å². The Labute approximate surface area is 410 Å². The van der Waals surface area contributed by atoms with Crippen molar-refractivity contribution in [1.82, 2.24) is 0 Å². The lowest BCUT2D eigenvalue weighted by Gasteiger charge is -2.48. The molecule has 0 heterocycles. The number of phosphoric acid groups is 12. The summed E-state index contributed by atoms with van der Waals surface area (Å²) >= 11 is 0. The van der Waals surface area contributed by atoms with Gasteiger partial charge in [0.05, 0.1) is 0 Å². The third kappa shape index (κ3) is 29.4. The van der Waals surface area contributed by atoms with E-state index in [0.29, 0.717) is 0 Å². The third-order valence-corrected chi connectivity index (χ3v) is 15.5. The van der Waals surface area contributed by atoms with Crippen LogP contribution in [0.1, 0.15) is 0 Å². The van der Waals surface area contributed by atoms with Gasteiger partial charge in [0.25, 0.3) is 0 Å². The second-order valence-electron chi connectivity index (χ2n) is 12.9. The highest BCUT2D eigenvalue weighted by molar-refractivity contribution is 7.56. The van der Waals surface area contributed by atoms with Crippen LogP contribution >= 0.6 is 113 Å². The van der Waals surface area contributed by atoms with Gasteiger partial charge in [-0.05, 0) is 0 Å². The fourth-order valence-electron chi connectivity index (χ4n) is 5.65. The largest absolute Gasteiger partial charge is 0.480 e. The van der Waals surface area contributed by atoms with Gasteiger partial charge in [-0.3, -0.25) is 62.9 Å². The molecular formula is C12H38O48P14. The maximum Gasteiger partial charge on any atom is 0.480 e. The smallest absolute Gasteiger partial charge is 0.303 e. The summed E-state index contributed by atoms with van der Waals surface area (Å²) in [6.45, 7) is 0. The van der Waals surface area contributed by atoms with Gasteiger partial charge in [-0.1, -0.05) is 0 Å². The van der Waals surface area contributed by atoms with E-state index < -0.39 is 167 Å². The van der Waals surface area contributed by atoms with Crippen molar-refractivity contribution in [1.29, 1.82) is 0 Å². The van der Waals surface area contributed by atoms with Crippen LogP contribution in [0, 0.1) is 0 Å². The second-order valence-corrected chi connectivity index (χ2v) is 28.8. The van der Waals surface area contributed by atoms with Crippen LogP contribution in [0.2, 0.25) is 0 Å². The lowest BCUT2D eigenvalue weighted by atomic mass is 9.85. The van der Waals surface area contributed by atoms with Gasteiger partial charge >= 0.3 is 93.9 Å². The predicted octanol–water partition coefficient (Wildman–Crippen LogP) is -4.64. The molecule has 2 saturated carbocycles. The Kier molecular flexibility index (Phi) is 26.9. The Balaban J connectivity index is 0.000000741. The van der Waals surface area contributed by atoms with E-state index in [-0.39, 0.29) is 0 Å². The Morgan fingerprint density at radius 2 is 0.270 bits per heavy atom. The van der Waals surface area contributed by atoms with Gasteiger partial charge in [-0.2, -0.15) is 0 Å². The van der Waals surface area contributed by atoms with Crippen molar-refractivity contribution in [3.8, 4) is 0 Å². The molecule has 2 aliphatic rings. The summed E-state index contributed by atoms with van der Waals surface area (Å²) in [6.07, 6.45) is -36.9. The molecule has 0 bridgehead atoms. The van der Waals surface area contributed by atoms with Crippen LogP contribution in [0.15, 0.2) is 0 Å². The Morgan fingerprint density at radius 1 is 0.189 bits per heavy atom. The van der Waals surface area contributed by atoms with E-state index in [2.05, 4.69) is 58.4 Å². The predicted molar refractivity (Wildman–Crippen MR) is 220 cm³/mol. The Hall–Kier alpha value is 2.18. The zero-order chi connectivity index (χ0) is 58.8. The van der Waals surface area contributed by atoms with Crippen LogP contribution in [0.3, 0.4) is 0 Å². The van der Waals surface area contributed by atoms with Gasteiger partial charge in [0.1, 0.15) is 73.2 Å². The first-order valence-electron chi connectivity index (χ1n) is 16.4. The second kappa shape index (κ2) is 26.8. The summed E-state index contributed by atoms with van der Waals surface area (Å²) in [5, 5.41) is 0. The summed E-state index contributed by atoms with van der Waals surface area (Å²) < 4.78 is 198. The van der Waals surface area contributed by atoms with Gasteiger partial charge in [0.2, 0.25) is 0 Å². The first-order valence-corrected chi connectivity index (χ1v) is 35.7. The zero-order valence-corrected chi connectivity index (χ0v) is 46.9. The summed E-state index contributed by atoms with van der Waals surface area (Å²) in [5.74, 6) is 0. The number of hydrogen-bond acceptors (Lipinski definition) is 26. The highest BCUT2D eigenvalue weighted by atomic mass is 31.2. The maximum absolute atomic E-state index is 12.6. The van der Waals surface area contributed by atoms with Crippen molar-refractivity contribution in [2.24, 2.45) is 0 Å². The molecule has 2 aliphatic carbocycles. The van der Waals surface area contributed by atoms with Crippen LogP contribution in [0.4, 0.5) is 0 Å². The average Bonchev–Trinajstić information content (AvgIpc) is 3.08. The minimum absolute atomic E-state index is 1.29. The third-order valence-electron chi connectivity index (χ3n) is 7.24. The number of rotatable bonds is 26. The monoisotopic (exact) mass is 1380 g/mol. The van der Waals surface area contributed by atoms with Gasteiger partial charge in [-0.25, -0.2) is 54.8 Å². The van der Waals surface area contributed by atoms with Crippen LogP contribution in [0.25, 0.3) is 0 Å². The number of hydrogen-bond donors (Lipinski definition) is 22. The molecule has 0 radical (unpaired) electrons. The van der Waals surface area contributed by atoms with Crippen LogP contribution < -0.4 is 0 Å². The van der Waals surface area contributed by atoms with Crippen molar-refractivity contribution in [2.45, 2.75) is 73.2 Å². The van der Waals surface area contributed by atoms with E-state index in [9.17, 15) is 104 Å². The Bertz CT molecular complexity index is 2180. The minimum atomic E-state index is -6.02. The minimum Gasteiger partial charge on any atom is -0.303 e. The summed E-state index contributed by atoms with van der Waals surface area (Å²) in [4.78, 5) is 202. The van der Waals surface area contributed by atoms with Crippen LogP contribution in [0.5, 0.6) is 0 Å². The van der Waals surface area contributed by atoms with Gasteiger partial charge in [0, 0.05) is 18.9 Å². The highest BCUT2D eigenvalue weighted by Gasteiger charge is 2.65. The molecule has 0 aromatic carbocycles. The van der Waals surface area contributed by atoms with E-state index in [1.54, 1.807) is 0 Å². The van der Waals surface area contributed by atoms with Crippen molar-refractivity contribution in [2.75, 3.05) is 0 Å². The van der Waals surface area contributed by atoms with Gasteiger partial charge < -0.3 is 108 Å². The molecule has 0 saturated heterocycles. The van der Waals surface area contributed by atoms with Crippen molar-refractivity contribution >= 4 is 113 Å². The molecular weight excluding hydrogens is 1350 g/mol. The molecule has 0 amide bonds. The zero-order valence-electron chi connectivity index (χ0n) is 33.9. The molecule has 62 heteroatoms. The molecule has 0 aromatic heterocycles. The van der Waals surface area contributed by atoms with E-state index >= 15 is 0 Å². The fraction of sp³-hybridized carbons (Fsp3) is 1.00. The van der Waals surface area contributed by atoms with Crippen molar-refractivity contribution < 1.29 is 225 Å². The fourth-order valence-corrected chi connectivity index (χ4v) is 13.4. The van der Waals surface area contributed by atoms with E-state index in [1.165, 1.54) is 18.9 Å². The lowest BCUT2D eigenvalue weighted by Crippen LogP contribution is -2.66. The average molecular weight is 1380 g/mol. The maximum atomic E-state index is 12.6. The molecule has 48 nitrogen and oxygen atoms in total. The van der Waals surface area contributed by atoms with E-state index in [0.717, 1.165) is 0 Å². The van der Waals surface area contributed by atoms with E-state index in [4.69, 9.17) is 63.2 Å². The normalized spacial score (nSPS) is 28.9. The Morgan fingerprint density at radius 3 is 0.338 bits per heavy atom. The molecule has 2 fully saturated rings.